The highest BCUT2D eigenvalue weighted by atomic mass is 32.2. The molecular formula is C17H18FN3O4S. The predicted octanol–water partition coefficient (Wildman–Crippen LogP) is 2.39. The van der Waals surface area contributed by atoms with Crippen LogP contribution in [0.4, 0.5) is 15.8 Å². The number of anilines is 1. The van der Waals surface area contributed by atoms with Crippen molar-refractivity contribution in [2.24, 2.45) is 0 Å². The van der Waals surface area contributed by atoms with Crippen LogP contribution in [0.3, 0.4) is 0 Å². The number of benzene rings is 2. The van der Waals surface area contributed by atoms with Crippen LogP contribution in [-0.2, 0) is 15.8 Å². The molecule has 0 unspecified atom stereocenters. The van der Waals surface area contributed by atoms with Crippen LogP contribution in [-0.4, -0.2) is 43.8 Å². The van der Waals surface area contributed by atoms with Gasteiger partial charge in [0.05, 0.1) is 16.7 Å². The molecular weight excluding hydrogens is 361 g/mol. The van der Waals surface area contributed by atoms with Crippen LogP contribution in [0.15, 0.2) is 48.5 Å². The number of nitro benzene ring substituents is 1. The number of nitro groups is 1. The minimum absolute atomic E-state index is 0.0788. The highest BCUT2D eigenvalue weighted by Crippen LogP contribution is 2.30. The van der Waals surface area contributed by atoms with Gasteiger partial charge in [0.15, 0.2) is 0 Å². The molecule has 9 heteroatoms. The summed E-state index contributed by atoms with van der Waals surface area (Å²) < 4.78 is 39.8. The molecule has 0 saturated carbocycles. The minimum atomic E-state index is -3.46. The molecule has 3 rings (SSSR count). The van der Waals surface area contributed by atoms with Crippen LogP contribution in [0.25, 0.3) is 0 Å². The molecule has 0 radical (unpaired) electrons. The van der Waals surface area contributed by atoms with Gasteiger partial charge in [-0.05, 0) is 17.7 Å². The second-order valence-electron chi connectivity index (χ2n) is 6.02. The van der Waals surface area contributed by atoms with E-state index in [1.165, 1.54) is 16.4 Å². The summed E-state index contributed by atoms with van der Waals surface area (Å²) in [6, 6.07) is 12.3. The van der Waals surface area contributed by atoms with Gasteiger partial charge < -0.3 is 4.90 Å². The summed E-state index contributed by atoms with van der Waals surface area (Å²) in [5.41, 5.74) is 0.700. The summed E-state index contributed by atoms with van der Waals surface area (Å²) in [7, 11) is -3.46. The Morgan fingerprint density at radius 1 is 1.04 bits per heavy atom. The van der Waals surface area contributed by atoms with Gasteiger partial charge in [-0.3, -0.25) is 10.1 Å². The summed E-state index contributed by atoms with van der Waals surface area (Å²) in [5.74, 6) is -0.755. The first-order chi connectivity index (χ1) is 12.4. The fourth-order valence-electron chi connectivity index (χ4n) is 2.99. The van der Waals surface area contributed by atoms with Crippen LogP contribution in [0.1, 0.15) is 5.56 Å². The van der Waals surface area contributed by atoms with Gasteiger partial charge in [0.1, 0.15) is 11.5 Å². The molecule has 1 aliphatic rings. The molecule has 1 heterocycles. The molecule has 26 heavy (non-hydrogen) atoms. The summed E-state index contributed by atoms with van der Waals surface area (Å²) in [6.07, 6.45) is 0. The van der Waals surface area contributed by atoms with Crippen LogP contribution in [0, 0.1) is 15.9 Å². The molecule has 7 nitrogen and oxygen atoms in total. The zero-order valence-corrected chi connectivity index (χ0v) is 14.7. The molecule has 2 aromatic carbocycles. The summed E-state index contributed by atoms with van der Waals surface area (Å²) in [6.45, 7) is 1.06. The third-order valence-electron chi connectivity index (χ3n) is 4.30. The van der Waals surface area contributed by atoms with Gasteiger partial charge in [-0.25, -0.2) is 12.8 Å². The van der Waals surface area contributed by atoms with E-state index in [0.717, 1.165) is 6.07 Å². The van der Waals surface area contributed by atoms with E-state index in [1.54, 1.807) is 29.2 Å². The van der Waals surface area contributed by atoms with Crippen molar-refractivity contribution in [2.45, 2.75) is 5.75 Å². The van der Waals surface area contributed by atoms with E-state index >= 15 is 0 Å². The van der Waals surface area contributed by atoms with Gasteiger partial charge in [-0.2, -0.15) is 4.31 Å². The Bertz CT molecular complexity index is 897. The smallest absolute Gasteiger partial charge is 0.295 e. The van der Waals surface area contributed by atoms with Gasteiger partial charge in [-0.15, -0.1) is 0 Å². The molecule has 1 fully saturated rings. The van der Waals surface area contributed by atoms with E-state index in [-0.39, 0.29) is 24.5 Å². The number of nitrogens with zero attached hydrogens (tertiary/aromatic N) is 3. The number of hydrogen-bond donors (Lipinski definition) is 0. The third-order valence-corrected chi connectivity index (χ3v) is 6.15. The second kappa shape index (κ2) is 7.38. The zero-order valence-electron chi connectivity index (χ0n) is 13.9. The Kier molecular flexibility index (Phi) is 5.19. The number of rotatable bonds is 5. The van der Waals surface area contributed by atoms with Crippen molar-refractivity contribution in [3.05, 3.63) is 70.0 Å². The van der Waals surface area contributed by atoms with E-state index in [1.807, 2.05) is 6.07 Å². The maximum Gasteiger partial charge on any atom is 0.295 e. The van der Waals surface area contributed by atoms with Crippen molar-refractivity contribution in [3.8, 4) is 0 Å². The molecule has 1 saturated heterocycles. The minimum Gasteiger partial charge on any atom is -0.363 e. The summed E-state index contributed by atoms with van der Waals surface area (Å²) in [4.78, 5) is 12.2. The number of piperazine rings is 1. The van der Waals surface area contributed by atoms with E-state index in [2.05, 4.69) is 0 Å². The van der Waals surface area contributed by atoms with Crippen molar-refractivity contribution in [1.82, 2.24) is 4.31 Å². The Morgan fingerprint density at radius 2 is 1.69 bits per heavy atom. The molecule has 2 aromatic rings. The Morgan fingerprint density at radius 3 is 2.31 bits per heavy atom. The Hall–Kier alpha value is -2.52. The summed E-state index contributed by atoms with van der Waals surface area (Å²) >= 11 is 0. The zero-order chi connectivity index (χ0) is 18.7. The lowest BCUT2D eigenvalue weighted by Crippen LogP contribution is -2.49. The first-order valence-electron chi connectivity index (χ1n) is 8.07. The third kappa shape index (κ3) is 4.00. The highest BCUT2D eigenvalue weighted by Gasteiger charge is 2.29. The van der Waals surface area contributed by atoms with Gasteiger partial charge in [0.2, 0.25) is 10.0 Å². The van der Waals surface area contributed by atoms with Crippen molar-refractivity contribution in [2.75, 3.05) is 31.1 Å². The number of halogens is 1. The fourth-order valence-corrected chi connectivity index (χ4v) is 4.51. The SMILES string of the molecule is O=[N+]([O-])c1cc(F)ccc1N1CCN(S(=O)(=O)Cc2ccccc2)CC1. The van der Waals surface area contributed by atoms with Crippen LogP contribution >= 0.6 is 0 Å². The molecule has 0 spiro atoms. The van der Waals surface area contributed by atoms with Crippen LogP contribution in [0.5, 0.6) is 0 Å². The van der Waals surface area contributed by atoms with Gasteiger partial charge >= 0.3 is 0 Å². The number of hydrogen-bond acceptors (Lipinski definition) is 5. The molecule has 0 bridgehead atoms. The molecule has 0 N–H and O–H groups in total. The molecule has 0 amide bonds. The van der Waals surface area contributed by atoms with E-state index in [4.69, 9.17) is 0 Å². The van der Waals surface area contributed by atoms with Crippen molar-refractivity contribution >= 4 is 21.4 Å². The Balaban J connectivity index is 1.71. The maximum absolute atomic E-state index is 13.3. The van der Waals surface area contributed by atoms with Crippen molar-refractivity contribution < 1.29 is 17.7 Å². The van der Waals surface area contributed by atoms with Gasteiger partial charge in [0.25, 0.3) is 5.69 Å². The quantitative estimate of drug-likeness (QED) is 0.588. The second-order valence-corrected chi connectivity index (χ2v) is 7.99. The van der Waals surface area contributed by atoms with E-state index in [0.29, 0.717) is 24.3 Å². The van der Waals surface area contributed by atoms with Gasteiger partial charge in [-0.1, -0.05) is 30.3 Å². The van der Waals surface area contributed by atoms with E-state index < -0.39 is 20.8 Å². The van der Waals surface area contributed by atoms with E-state index in [9.17, 15) is 22.9 Å². The first-order valence-corrected chi connectivity index (χ1v) is 9.68. The number of sulfonamides is 1. The van der Waals surface area contributed by atoms with Crippen molar-refractivity contribution in [3.63, 3.8) is 0 Å². The lowest BCUT2D eigenvalue weighted by Gasteiger charge is -2.35. The maximum atomic E-state index is 13.3. The Labute approximate surface area is 150 Å². The van der Waals surface area contributed by atoms with Gasteiger partial charge in [0, 0.05) is 26.2 Å². The largest absolute Gasteiger partial charge is 0.363 e. The predicted molar refractivity (Wildman–Crippen MR) is 95.9 cm³/mol. The lowest BCUT2D eigenvalue weighted by molar-refractivity contribution is -0.384. The topological polar surface area (TPSA) is 83.8 Å². The molecule has 0 aliphatic carbocycles. The average molecular weight is 379 g/mol. The molecule has 0 atom stereocenters. The molecule has 0 aromatic heterocycles. The highest BCUT2D eigenvalue weighted by molar-refractivity contribution is 7.88. The van der Waals surface area contributed by atoms with Crippen molar-refractivity contribution in [1.29, 1.82) is 0 Å². The normalized spacial score (nSPS) is 15.8. The molecule has 138 valence electrons. The lowest BCUT2D eigenvalue weighted by atomic mass is 10.2. The summed E-state index contributed by atoms with van der Waals surface area (Å²) in [5, 5.41) is 11.1. The first kappa shape index (κ1) is 18.3. The average Bonchev–Trinajstić information content (AvgIpc) is 2.62. The fraction of sp³-hybridized carbons (Fsp3) is 0.294. The standard InChI is InChI=1S/C17H18FN3O4S/c18-15-6-7-16(17(12-15)21(22)23)19-8-10-20(11-9-19)26(24,25)13-14-4-2-1-3-5-14/h1-7,12H,8-11,13H2. The van der Waals surface area contributed by atoms with Crippen LogP contribution in [0.2, 0.25) is 0 Å². The van der Waals surface area contributed by atoms with Crippen LogP contribution < -0.4 is 4.90 Å². The molecule has 1 aliphatic heterocycles. The monoisotopic (exact) mass is 379 g/mol.